The number of anilines is 1. The number of likely N-dealkylation sites (N-methyl/N-ethyl adjacent to an activating group) is 1. The van der Waals surface area contributed by atoms with Crippen LogP contribution in [0.2, 0.25) is 0 Å². The molecule has 0 bridgehead atoms. The van der Waals surface area contributed by atoms with Crippen molar-refractivity contribution < 1.29 is 4.79 Å². The number of amides is 1. The van der Waals surface area contributed by atoms with Gasteiger partial charge in [-0.15, -0.1) is 0 Å². The maximum Gasteiger partial charge on any atom is 0.266 e. The fourth-order valence-corrected chi connectivity index (χ4v) is 4.37. The van der Waals surface area contributed by atoms with E-state index in [9.17, 15) is 4.79 Å². The van der Waals surface area contributed by atoms with Gasteiger partial charge in [0.25, 0.3) is 5.91 Å². The van der Waals surface area contributed by atoms with E-state index in [1.807, 2.05) is 43.5 Å². The highest BCUT2D eigenvalue weighted by molar-refractivity contribution is 14.1. The molecule has 3 rings (SSSR count). The van der Waals surface area contributed by atoms with Crippen molar-refractivity contribution in [2.24, 2.45) is 0 Å². The molecule has 0 saturated carbocycles. The van der Waals surface area contributed by atoms with E-state index in [4.69, 9.17) is 12.2 Å². The van der Waals surface area contributed by atoms with Crippen LogP contribution in [0.5, 0.6) is 0 Å². The van der Waals surface area contributed by atoms with Gasteiger partial charge in [0.1, 0.15) is 4.32 Å². The molecule has 0 spiro atoms. The van der Waals surface area contributed by atoms with Crippen LogP contribution in [-0.2, 0) is 4.79 Å². The lowest BCUT2D eigenvalue weighted by Gasteiger charge is -2.21. The fraction of sp³-hybridized carbons (Fsp3) is 0.111. The van der Waals surface area contributed by atoms with Crippen molar-refractivity contribution in [3.63, 3.8) is 0 Å². The zero-order chi connectivity index (χ0) is 17.1. The number of rotatable bonds is 3. The molecular formula is C18H15IN2OS2. The van der Waals surface area contributed by atoms with Gasteiger partial charge in [0.05, 0.1) is 33.5 Å². The average molecular weight is 466 g/mol. The van der Waals surface area contributed by atoms with Gasteiger partial charge < -0.3 is 0 Å². The highest BCUT2D eigenvalue weighted by Gasteiger charge is 2.29. The van der Waals surface area contributed by atoms with Crippen molar-refractivity contribution >= 4 is 68.3 Å². The van der Waals surface area contributed by atoms with Crippen molar-refractivity contribution in [2.75, 3.05) is 9.66 Å². The highest BCUT2D eigenvalue weighted by Crippen LogP contribution is 2.34. The number of nitrogens with zero attached hydrogens (tertiary/aromatic N) is 2. The van der Waals surface area contributed by atoms with Gasteiger partial charge in [-0.3, -0.25) is 12.8 Å². The van der Waals surface area contributed by atoms with Gasteiger partial charge in [0.15, 0.2) is 0 Å². The lowest BCUT2D eigenvalue weighted by atomic mass is 10.0. The molecule has 0 atom stereocenters. The SMILES string of the molecule is CCN1C(=O)\C(=C/C=C/C=C2/C=CN(I)c3ccccc32)SC1=S. The summed E-state index contributed by atoms with van der Waals surface area (Å²) in [5.41, 5.74) is 3.50. The topological polar surface area (TPSA) is 23.6 Å². The first-order valence-corrected chi connectivity index (χ1v) is 9.65. The molecule has 1 fully saturated rings. The van der Waals surface area contributed by atoms with E-state index in [2.05, 4.69) is 50.3 Å². The summed E-state index contributed by atoms with van der Waals surface area (Å²) < 4.78 is 2.70. The molecule has 24 heavy (non-hydrogen) atoms. The van der Waals surface area contributed by atoms with E-state index in [-0.39, 0.29) is 5.91 Å². The normalized spacial score (nSPS) is 20.8. The molecule has 1 aromatic rings. The maximum atomic E-state index is 12.1. The van der Waals surface area contributed by atoms with Crippen LogP contribution >= 0.6 is 46.8 Å². The number of carbonyl (C=O) groups is 1. The summed E-state index contributed by atoms with van der Waals surface area (Å²) in [6, 6.07) is 8.28. The standard InChI is InChI=1S/C18H15IN2OS2/c1-2-20-17(22)16(24-18(20)23)10-6-3-7-13-11-12-21(19)15-9-5-4-8-14(13)15/h3-12H,2H2,1H3/b6-3+,13-7-,16-10+. The quantitative estimate of drug-likeness (QED) is 0.269. The number of hydrogen-bond acceptors (Lipinski definition) is 4. The Morgan fingerprint density at radius 2 is 2.00 bits per heavy atom. The van der Waals surface area contributed by atoms with Gasteiger partial charge in [-0.25, -0.2) is 0 Å². The molecular weight excluding hydrogens is 451 g/mol. The van der Waals surface area contributed by atoms with E-state index in [0.717, 1.165) is 5.57 Å². The molecule has 0 aromatic heterocycles. The Labute approximate surface area is 165 Å². The molecule has 122 valence electrons. The fourth-order valence-electron chi connectivity index (χ4n) is 2.45. The third kappa shape index (κ3) is 3.50. The van der Waals surface area contributed by atoms with Crippen LogP contribution < -0.4 is 3.11 Å². The molecule has 1 saturated heterocycles. The molecule has 0 radical (unpaired) electrons. The van der Waals surface area contributed by atoms with Gasteiger partial charge in [0, 0.05) is 18.3 Å². The van der Waals surface area contributed by atoms with Crippen LogP contribution in [0.4, 0.5) is 5.69 Å². The second kappa shape index (κ2) is 7.67. The Kier molecular flexibility index (Phi) is 5.57. The Bertz CT molecular complexity index is 811. The zero-order valence-corrected chi connectivity index (χ0v) is 16.8. The predicted octanol–water partition coefficient (Wildman–Crippen LogP) is 5.07. The highest BCUT2D eigenvalue weighted by atomic mass is 127. The Hall–Kier alpha value is -1.38. The minimum Gasteiger partial charge on any atom is -0.293 e. The summed E-state index contributed by atoms with van der Waals surface area (Å²) in [7, 11) is 0. The number of thiocarbonyl (C=S) groups is 1. The Balaban J connectivity index is 1.78. The molecule has 1 amide bonds. The third-order valence-electron chi connectivity index (χ3n) is 3.65. The predicted molar refractivity (Wildman–Crippen MR) is 115 cm³/mol. The van der Waals surface area contributed by atoms with E-state index in [1.165, 1.54) is 23.0 Å². The summed E-state index contributed by atoms with van der Waals surface area (Å²) in [6.07, 6.45) is 11.8. The van der Waals surface area contributed by atoms with Crippen molar-refractivity contribution in [2.45, 2.75) is 6.92 Å². The molecule has 0 N–H and O–H groups in total. The Morgan fingerprint density at radius 1 is 1.25 bits per heavy atom. The minimum absolute atomic E-state index is 0.00624. The molecule has 2 aliphatic rings. The van der Waals surface area contributed by atoms with Crippen LogP contribution in [0.25, 0.3) is 5.57 Å². The van der Waals surface area contributed by atoms with Gasteiger partial charge in [0.2, 0.25) is 0 Å². The molecule has 0 aliphatic carbocycles. The first-order valence-electron chi connectivity index (χ1n) is 7.46. The van der Waals surface area contributed by atoms with Crippen molar-refractivity contribution in [1.29, 1.82) is 0 Å². The Morgan fingerprint density at radius 3 is 2.75 bits per heavy atom. The van der Waals surface area contributed by atoms with Gasteiger partial charge >= 0.3 is 0 Å². The van der Waals surface area contributed by atoms with E-state index in [1.54, 1.807) is 4.90 Å². The van der Waals surface area contributed by atoms with Crippen LogP contribution in [-0.4, -0.2) is 21.7 Å². The summed E-state index contributed by atoms with van der Waals surface area (Å²) in [6.45, 7) is 2.54. The smallest absolute Gasteiger partial charge is 0.266 e. The van der Waals surface area contributed by atoms with E-state index >= 15 is 0 Å². The zero-order valence-electron chi connectivity index (χ0n) is 13.0. The third-order valence-corrected chi connectivity index (χ3v) is 5.89. The number of fused-ring (bicyclic) bond motifs is 1. The first-order chi connectivity index (χ1) is 11.6. The summed E-state index contributed by atoms with van der Waals surface area (Å²) >= 11 is 8.84. The molecule has 6 heteroatoms. The molecule has 2 heterocycles. The largest absolute Gasteiger partial charge is 0.293 e. The number of para-hydroxylation sites is 1. The van der Waals surface area contributed by atoms with E-state index in [0.29, 0.717) is 15.8 Å². The van der Waals surface area contributed by atoms with E-state index < -0.39 is 0 Å². The van der Waals surface area contributed by atoms with Crippen molar-refractivity contribution in [1.82, 2.24) is 4.90 Å². The molecule has 2 aliphatic heterocycles. The number of carbonyl (C=O) groups excluding carboxylic acids is 1. The lowest BCUT2D eigenvalue weighted by molar-refractivity contribution is -0.122. The molecule has 0 unspecified atom stereocenters. The monoisotopic (exact) mass is 466 g/mol. The van der Waals surface area contributed by atoms with Crippen LogP contribution in [0, 0.1) is 0 Å². The maximum absolute atomic E-state index is 12.1. The first kappa shape index (κ1) is 17.4. The van der Waals surface area contributed by atoms with Gasteiger partial charge in [-0.1, -0.05) is 60.4 Å². The number of hydrogen-bond donors (Lipinski definition) is 0. The molecule has 3 nitrogen and oxygen atoms in total. The molecule has 1 aromatic carbocycles. The minimum atomic E-state index is -0.00624. The summed E-state index contributed by atoms with van der Waals surface area (Å²) in [5, 5.41) is 0. The number of halogens is 1. The van der Waals surface area contributed by atoms with Crippen molar-refractivity contribution in [3.05, 3.63) is 71.3 Å². The summed E-state index contributed by atoms with van der Waals surface area (Å²) in [4.78, 5) is 14.4. The van der Waals surface area contributed by atoms with Gasteiger partial charge in [-0.2, -0.15) is 0 Å². The summed E-state index contributed by atoms with van der Waals surface area (Å²) in [5.74, 6) is -0.00624. The van der Waals surface area contributed by atoms with Crippen molar-refractivity contribution in [3.8, 4) is 0 Å². The number of thioether (sulfide) groups is 1. The second-order valence-corrected chi connectivity index (χ2v) is 7.81. The lowest BCUT2D eigenvalue weighted by Crippen LogP contribution is -2.27. The number of allylic oxidation sites excluding steroid dienone is 6. The van der Waals surface area contributed by atoms with Crippen LogP contribution in [0.1, 0.15) is 12.5 Å². The van der Waals surface area contributed by atoms with Crippen LogP contribution in [0.3, 0.4) is 0 Å². The van der Waals surface area contributed by atoms with Crippen LogP contribution in [0.15, 0.2) is 65.8 Å². The number of benzene rings is 1. The van der Waals surface area contributed by atoms with Gasteiger partial charge in [-0.05, 0) is 30.7 Å². The average Bonchev–Trinajstić information content (AvgIpc) is 2.87. The second-order valence-electron chi connectivity index (χ2n) is 5.10.